The van der Waals surface area contributed by atoms with Crippen LogP contribution in [0.1, 0.15) is 31.8 Å². The number of carbonyl (C=O) groups excluding carboxylic acids is 2. The molecule has 0 saturated heterocycles. The van der Waals surface area contributed by atoms with Gasteiger partial charge >= 0.3 is 5.97 Å². The number of hydrogen-bond acceptors (Lipinski definition) is 5. The number of halogens is 2. The van der Waals surface area contributed by atoms with E-state index in [9.17, 15) is 9.59 Å². The molecule has 0 atom stereocenters. The van der Waals surface area contributed by atoms with Gasteiger partial charge in [0, 0.05) is 10.6 Å². The molecule has 1 amide bonds. The summed E-state index contributed by atoms with van der Waals surface area (Å²) < 4.78 is 10.7. The van der Waals surface area contributed by atoms with Crippen molar-refractivity contribution in [3.05, 3.63) is 93.0 Å². The third-order valence-corrected chi connectivity index (χ3v) is 4.75. The van der Waals surface area contributed by atoms with Gasteiger partial charge in [-0.25, -0.2) is 10.2 Å². The molecular weight excluding hydrogens is 439 g/mol. The predicted octanol–water partition coefficient (Wildman–Crippen LogP) is 5.29. The van der Waals surface area contributed by atoms with E-state index in [4.69, 9.17) is 32.7 Å². The highest BCUT2D eigenvalue weighted by atomic mass is 35.5. The summed E-state index contributed by atoms with van der Waals surface area (Å²) in [5.74, 6) is -0.448. The Morgan fingerprint density at radius 2 is 1.81 bits per heavy atom. The van der Waals surface area contributed by atoms with Crippen LogP contribution in [0.2, 0.25) is 10.0 Å². The van der Waals surface area contributed by atoms with E-state index < -0.39 is 5.97 Å². The zero-order valence-electron chi connectivity index (χ0n) is 16.7. The molecule has 0 saturated carbocycles. The SMILES string of the molecule is COc1cc(/C=N\NC(=O)c2cccc(C)c2)ccc1OC(=O)c1ccc(Cl)cc1Cl. The second kappa shape index (κ2) is 10.1. The lowest BCUT2D eigenvalue weighted by Gasteiger charge is -2.10. The molecule has 0 radical (unpaired) electrons. The molecule has 0 heterocycles. The minimum atomic E-state index is -0.646. The molecule has 0 spiro atoms. The Balaban J connectivity index is 1.70. The Hall–Kier alpha value is -3.35. The van der Waals surface area contributed by atoms with Gasteiger partial charge in [0.25, 0.3) is 5.91 Å². The average Bonchev–Trinajstić information content (AvgIpc) is 2.74. The van der Waals surface area contributed by atoms with Crippen molar-refractivity contribution in [1.82, 2.24) is 5.43 Å². The molecule has 0 fully saturated rings. The standard InChI is InChI=1S/C23H18Cl2N2O4/c1-14-4-3-5-16(10-14)22(28)27-26-13-15-6-9-20(21(11-15)30-2)31-23(29)18-8-7-17(24)12-19(18)25/h3-13H,1-2H3,(H,27,28)/b26-13-. The molecule has 1 N–H and O–H groups in total. The van der Waals surface area contributed by atoms with Crippen molar-refractivity contribution >= 4 is 41.3 Å². The van der Waals surface area contributed by atoms with Gasteiger partial charge < -0.3 is 9.47 Å². The van der Waals surface area contributed by atoms with Gasteiger partial charge in [0.2, 0.25) is 0 Å². The highest BCUT2D eigenvalue weighted by Gasteiger charge is 2.16. The predicted molar refractivity (Wildman–Crippen MR) is 121 cm³/mol. The topological polar surface area (TPSA) is 77.0 Å². The van der Waals surface area contributed by atoms with Crippen LogP contribution in [0.4, 0.5) is 0 Å². The second-order valence-corrected chi connectivity index (χ2v) is 7.34. The first-order chi connectivity index (χ1) is 14.9. The summed E-state index contributed by atoms with van der Waals surface area (Å²) in [6.07, 6.45) is 1.46. The minimum absolute atomic E-state index is 0.178. The van der Waals surface area contributed by atoms with Gasteiger partial charge in [-0.05, 0) is 61.0 Å². The van der Waals surface area contributed by atoms with E-state index in [1.54, 1.807) is 42.5 Å². The zero-order chi connectivity index (χ0) is 22.4. The molecule has 0 bridgehead atoms. The number of hydrazone groups is 1. The number of nitrogens with zero attached hydrogens (tertiary/aromatic N) is 1. The summed E-state index contributed by atoms with van der Waals surface area (Å²) >= 11 is 11.9. The highest BCUT2D eigenvalue weighted by molar-refractivity contribution is 6.36. The van der Waals surface area contributed by atoms with Gasteiger partial charge in [0.1, 0.15) is 0 Å². The molecule has 0 aliphatic carbocycles. The Kier molecular flexibility index (Phi) is 7.28. The lowest BCUT2D eigenvalue weighted by molar-refractivity contribution is 0.0729. The summed E-state index contributed by atoms with van der Waals surface area (Å²) in [5.41, 5.74) is 4.77. The fourth-order valence-electron chi connectivity index (χ4n) is 2.67. The van der Waals surface area contributed by atoms with Crippen molar-refractivity contribution in [3.8, 4) is 11.5 Å². The average molecular weight is 457 g/mol. The highest BCUT2D eigenvalue weighted by Crippen LogP contribution is 2.29. The quantitative estimate of drug-likeness (QED) is 0.236. The minimum Gasteiger partial charge on any atom is -0.493 e. The third-order valence-electron chi connectivity index (χ3n) is 4.20. The Labute approximate surface area is 189 Å². The third kappa shape index (κ3) is 5.84. The van der Waals surface area contributed by atoms with Crippen molar-refractivity contribution in [2.24, 2.45) is 5.10 Å². The van der Waals surface area contributed by atoms with E-state index in [1.165, 1.54) is 25.5 Å². The number of ether oxygens (including phenoxy) is 2. The summed E-state index contributed by atoms with van der Waals surface area (Å²) in [5, 5.41) is 4.56. The fraction of sp³-hybridized carbons (Fsp3) is 0.0870. The summed E-state index contributed by atoms with van der Waals surface area (Å²) in [6, 6.07) is 16.5. The van der Waals surface area contributed by atoms with Gasteiger partial charge in [0.05, 0.1) is 23.9 Å². The molecular formula is C23H18Cl2N2O4. The first-order valence-corrected chi connectivity index (χ1v) is 9.88. The normalized spacial score (nSPS) is 10.7. The van der Waals surface area contributed by atoms with Crippen molar-refractivity contribution in [3.63, 3.8) is 0 Å². The Morgan fingerprint density at radius 3 is 2.52 bits per heavy atom. The van der Waals surface area contributed by atoms with Crippen molar-refractivity contribution in [2.75, 3.05) is 7.11 Å². The number of amides is 1. The number of carbonyl (C=O) groups is 2. The van der Waals surface area contributed by atoms with Crippen molar-refractivity contribution in [1.29, 1.82) is 0 Å². The van der Waals surface area contributed by atoms with Gasteiger partial charge in [0.15, 0.2) is 11.5 Å². The van der Waals surface area contributed by atoms with Gasteiger partial charge in [-0.3, -0.25) is 4.79 Å². The van der Waals surface area contributed by atoms with Crippen LogP contribution < -0.4 is 14.9 Å². The van der Waals surface area contributed by atoms with E-state index in [1.807, 2.05) is 13.0 Å². The van der Waals surface area contributed by atoms with Crippen LogP contribution in [0.5, 0.6) is 11.5 Å². The van der Waals surface area contributed by atoms with Crippen LogP contribution in [0.25, 0.3) is 0 Å². The first kappa shape index (κ1) is 22.3. The smallest absolute Gasteiger partial charge is 0.345 e. The molecule has 31 heavy (non-hydrogen) atoms. The molecule has 8 heteroatoms. The van der Waals surface area contributed by atoms with Gasteiger partial charge in [-0.15, -0.1) is 0 Å². The summed E-state index contributed by atoms with van der Waals surface area (Å²) in [6.45, 7) is 1.90. The lowest BCUT2D eigenvalue weighted by atomic mass is 10.1. The molecule has 3 aromatic rings. The second-order valence-electron chi connectivity index (χ2n) is 6.49. The largest absolute Gasteiger partial charge is 0.493 e. The van der Waals surface area contributed by atoms with Gasteiger partial charge in [-0.2, -0.15) is 5.10 Å². The maximum Gasteiger partial charge on any atom is 0.345 e. The molecule has 158 valence electrons. The fourth-order valence-corrected chi connectivity index (χ4v) is 3.16. The first-order valence-electron chi connectivity index (χ1n) is 9.12. The van der Waals surface area contributed by atoms with Crippen LogP contribution in [-0.2, 0) is 0 Å². The lowest BCUT2D eigenvalue weighted by Crippen LogP contribution is -2.17. The number of aryl methyl sites for hydroxylation is 1. The maximum atomic E-state index is 12.4. The number of nitrogens with one attached hydrogen (secondary N) is 1. The number of rotatable bonds is 6. The Bertz CT molecular complexity index is 1160. The van der Waals surface area contributed by atoms with Crippen molar-refractivity contribution in [2.45, 2.75) is 6.92 Å². The molecule has 0 aromatic heterocycles. The molecule has 3 rings (SSSR count). The van der Waals surface area contributed by atoms with E-state index >= 15 is 0 Å². The summed E-state index contributed by atoms with van der Waals surface area (Å²) in [4.78, 5) is 24.6. The van der Waals surface area contributed by atoms with E-state index in [0.717, 1.165) is 5.56 Å². The van der Waals surface area contributed by atoms with Crippen LogP contribution in [0.15, 0.2) is 65.8 Å². The molecule has 0 aliphatic rings. The molecule has 6 nitrogen and oxygen atoms in total. The van der Waals surface area contributed by atoms with E-state index in [0.29, 0.717) is 21.9 Å². The summed E-state index contributed by atoms with van der Waals surface area (Å²) in [7, 11) is 1.45. The van der Waals surface area contributed by atoms with Crippen LogP contribution in [0.3, 0.4) is 0 Å². The Morgan fingerprint density at radius 1 is 1.00 bits per heavy atom. The van der Waals surface area contributed by atoms with Crippen molar-refractivity contribution < 1.29 is 19.1 Å². The molecule has 3 aromatic carbocycles. The molecule has 0 unspecified atom stereocenters. The van der Waals surface area contributed by atoms with E-state index in [2.05, 4.69) is 10.5 Å². The number of esters is 1. The van der Waals surface area contributed by atoms with Crippen LogP contribution in [0, 0.1) is 6.92 Å². The maximum absolute atomic E-state index is 12.4. The monoisotopic (exact) mass is 456 g/mol. The van der Waals surface area contributed by atoms with Gasteiger partial charge in [-0.1, -0.05) is 40.9 Å². The van der Waals surface area contributed by atoms with Crippen LogP contribution >= 0.6 is 23.2 Å². The zero-order valence-corrected chi connectivity index (χ0v) is 18.2. The molecule has 0 aliphatic heterocycles. The number of methoxy groups -OCH3 is 1. The van der Waals surface area contributed by atoms with E-state index in [-0.39, 0.29) is 22.2 Å². The number of benzene rings is 3. The van der Waals surface area contributed by atoms with Crippen LogP contribution in [-0.4, -0.2) is 25.2 Å². The number of hydrogen-bond donors (Lipinski definition) is 1.